The third kappa shape index (κ3) is 2.12. The van der Waals surface area contributed by atoms with Crippen LogP contribution in [0.3, 0.4) is 0 Å². The summed E-state index contributed by atoms with van der Waals surface area (Å²) in [5, 5.41) is 0. The summed E-state index contributed by atoms with van der Waals surface area (Å²) in [6.07, 6.45) is 0.957. The van der Waals surface area contributed by atoms with E-state index < -0.39 is 0 Å². The maximum Gasteiger partial charge on any atom is 0.0933 e. The van der Waals surface area contributed by atoms with E-state index in [4.69, 9.17) is 9.47 Å². The van der Waals surface area contributed by atoms with Gasteiger partial charge in [-0.25, -0.2) is 0 Å². The van der Waals surface area contributed by atoms with Crippen LogP contribution < -0.4 is 0 Å². The molecule has 0 amide bonds. The van der Waals surface area contributed by atoms with Crippen LogP contribution in [0, 0.1) is 5.92 Å². The highest BCUT2D eigenvalue weighted by molar-refractivity contribution is 14.1. The maximum atomic E-state index is 5.76. The summed E-state index contributed by atoms with van der Waals surface area (Å²) < 4.78 is 12.4. The van der Waals surface area contributed by atoms with Crippen LogP contribution in [0.25, 0.3) is 0 Å². The van der Waals surface area contributed by atoms with Crippen molar-refractivity contribution in [2.45, 2.75) is 39.1 Å². The maximum absolute atomic E-state index is 5.76. The van der Waals surface area contributed by atoms with Gasteiger partial charge in [0, 0.05) is 17.0 Å². The molecule has 0 bridgehead atoms. The Morgan fingerprint density at radius 2 is 2.08 bits per heavy atom. The number of ether oxygens (including phenoxy) is 2. The Labute approximate surface area is 88.1 Å². The Morgan fingerprint density at radius 1 is 1.42 bits per heavy atom. The van der Waals surface area contributed by atoms with Gasteiger partial charge in [-0.05, 0) is 13.8 Å². The molecule has 0 unspecified atom stereocenters. The Balaban J connectivity index is 2.53. The zero-order valence-electron chi connectivity index (χ0n) is 7.92. The van der Waals surface area contributed by atoms with E-state index in [0.717, 1.165) is 11.0 Å². The van der Waals surface area contributed by atoms with E-state index in [0.29, 0.717) is 24.2 Å². The van der Waals surface area contributed by atoms with Gasteiger partial charge < -0.3 is 9.47 Å². The second-order valence-electron chi connectivity index (χ2n) is 3.31. The molecule has 1 aliphatic rings. The summed E-state index contributed by atoms with van der Waals surface area (Å²) in [6, 6.07) is 0. The molecule has 1 rings (SSSR count). The molecular formula is C9H17IO2. The molecule has 0 aromatic rings. The highest BCUT2D eigenvalue weighted by Gasteiger charge is 2.39. The van der Waals surface area contributed by atoms with Crippen LogP contribution in [0.15, 0.2) is 0 Å². The zero-order valence-corrected chi connectivity index (χ0v) is 10.1. The third-order valence-electron chi connectivity index (χ3n) is 2.53. The SMILES string of the molecule is CCO[C@H]1[C@H](C)[C@H](C)O[C@@H]1CI. The highest BCUT2D eigenvalue weighted by atomic mass is 127. The van der Waals surface area contributed by atoms with Crippen molar-refractivity contribution in [1.82, 2.24) is 0 Å². The van der Waals surface area contributed by atoms with Gasteiger partial charge in [0.1, 0.15) is 0 Å². The van der Waals surface area contributed by atoms with Gasteiger partial charge in [-0.2, -0.15) is 0 Å². The average Bonchev–Trinajstić information content (AvgIpc) is 2.33. The lowest BCUT2D eigenvalue weighted by Gasteiger charge is -2.19. The molecule has 0 aliphatic carbocycles. The largest absolute Gasteiger partial charge is 0.375 e. The number of alkyl halides is 1. The van der Waals surface area contributed by atoms with Gasteiger partial charge in [-0.1, -0.05) is 29.5 Å². The van der Waals surface area contributed by atoms with Crippen molar-refractivity contribution < 1.29 is 9.47 Å². The predicted molar refractivity (Wildman–Crippen MR) is 57.8 cm³/mol. The van der Waals surface area contributed by atoms with E-state index in [1.807, 2.05) is 6.92 Å². The summed E-state index contributed by atoms with van der Waals surface area (Å²) in [4.78, 5) is 0. The van der Waals surface area contributed by atoms with Crippen molar-refractivity contribution in [3.05, 3.63) is 0 Å². The minimum Gasteiger partial charge on any atom is -0.375 e. The van der Waals surface area contributed by atoms with Gasteiger partial charge in [0.2, 0.25) is 0 Å². The van der Waals surface area contributed by atoms with Crippen molar-refractivity contribution in [2.75, 3.05) is 11.0 Å². The second kappa shape index (κ2) is 4.77. The first-order chi connectivity index (χ1) is 5.70. The topological polar surface area (TPSA) is 18.5 Å². The van der Waals surface area contributed by atoms with E-state index in [1.54, 1.807) is 0 Å². The van der Waals surface area contributed by atoms with Crippen molar-refractivity contribution in [1.29, 1.82) is 0 Å². The Kier molecular flexibility index (Phi) is 4.26. The van der Waals surface area contributed by atoms with E-state index >= 15 is 0 Å². The summed E-state index contributed by atoms with van der Waals surface area (Å²) in [5.41, 5.74) is 0. The van der Waals surface area contributed by atoms with Crippen molar-refractivity contribution >= 4 is 22.6 Å². The Hall–Kier alpha value is 0.650. The fourth-order valence-electron chi connectivity index (χ4n) is 1.66. The molecule has 0 spiro atoms. The first kappa shape index (κ1) is 10.7. The van der Waals surface area contributed by atoms with Crippen LogP contribution in [0.5, 0.6) is 0 Å². The molecule has 1 heterocycles. The normalized spacial score (nSPS) is 42.0. The molecule has 0 radical (unpaired) electrons. The van der Waals surface area contributed by atoms with Crippen molar-refractivity contribution in [3.8, 4) is 0 Å². The summed E-state index contributed by atoms with van der Waals surface area (Å²) in [6.45, 7) is 7.17. The second-order valence-corrected chi connectivity index (χ2v) is 4.19. The van der Waals surface area contributed by atoms with Gasteiger partial charge >= 0.3 is 0 Å². The molecule has 0 aromatic carbocycles. The van der Waals surface area contributed by atoms with Crippen LogP contribution >= 0.6 is 22.6 Å². The number of rotatable bonds is 3. The standard InChI is InChI=1S/C9H17IO2/c1-4-11-9-6(2)7(3)12-8(9)5-10/h6-9H,4-5H2,1-3H3/t6-,7+,8-,9+/m1/s1. The van der Waals surface area contributed by atoms with Crippen LogP contribution in [-0.2, 0) is 9.47 Å². The van der Waals surface area contributed by atoms with Crippen molar-refractivity contribution in [2.24, 2.45) is 5.92 Å². The molecule has 3 heteroatoms. The van der Waals surface area contributed by atoms with E-state index in [1.165, 1.54) is 0 Å². The minimum absolute atomic E-state index is 0.301. The van der Waals surface area contributed by atoms with E-state index in [-0.39, 0.29) is 0 Å². The molecular weight excluding hydrogens is 267 g/mol. The third-order valence-corrected chi connectivity index (χ3v) is 3.39. The summed E-state index contributed by atoms with van der Waals surface area (Å²) in [5.74, 6) is 0.532. The number of hydrogen-bond donors (Lipinski definition) is 0. The van der Waals surface area contributed by atoms with Crippen LogP contribution in [0.1, 0.15) is 20.8 Å². The molecule has 0 N–H and O–H groups in total. The number of halogens is 1. The first-order valence-electron chi connectivity index (χ1n) is 4.53. The molecule has 1 saturated heterocycles. The molecule has 4 atom stereocenters. The smallest absolute Gasteiger partial charge is 0.0933 e. The molecule has 72 valence electrons. The van der Waals surface area contributed by atoms with Gasteiger partial charge in [-0.15, -0.1) is 0 Å². The molecule has 1 aliphatic heterocycles. The Morgan fingerprint density at radius 3 is 2.58 bits per heavy atom. The molecule has 12 heavy (non-hydrogen) atoms. The lowest BCUT2D eigenvalue weighted by Crippen LogP contribution is -2.30. The molecule has 2 nitrogen and oxygen atoms in total. The fourth-order valence-corrected chi connectivity index (χ4v) is 2.37. The van der Waals surface area contributed by atoms with Gasteiger partial charge in [0.15, 0.2) is 0 Å². The fraction of sp³-hybridized carbons (Fsp3) is 1.00. The van der Waals surface area contributed by atoms with Crippen LogP contribution in [0.2, 0.25) is 0 Å². The van der Waals surface area contributed by atoms with Crippen LogP contribution in [0.4, 0.5) is 0 Å². The Bertz CT molecular complexity index is 140. The average molecular weight is 284 g/mol. The van der Waals surface area contributed by atoms with Gasteiger partial charge in [0.25, 0.3) is 0 Å². The molecule has 0 aromatic heterocycles. The van der Waals surface area contributed by atoms with E-state index in [9.17, 15) is 0 Å². The summed E-state index contributed by atoms with van der Waals surface area (Å²) in [7, 11) is 0. The molecule has 1 fully saturated rings. The van der Waals surface area contributed by atoms with E-state index in [2.05, 4.69) is 36.4 Å². The first-order valence-corrected chi connectivity index (χ1v) is 6.06. The number of hydrogen-bond acceptors (Lipinski definition) is 2. The summed E-state index contributed by atoms with van der Waals surface area (Å²) >= 11 is 2.36. The minimum atomic E-state index is 0.301. The zero-order chi connectivity index (χ0) is 9.14. The molecule has 0 saturated carbocycles. The van der Waals surface area contributed by atoms with Crippen molar-refractivity contribution in [3.63, 3.8) is 0 Å². The lowest BCUT2D eigenvalue weighted by atomic mass is 10.00. The monoisotopic (exact) mass is 284 g/mol. The lowest BCUT2D eigenvalue weighted by molar-refractivity contribution is -0.00521. The van der Waals surface area contributed by atoms with Crippen LogP contribution in [-0.4, -0.2) is 29.3 Å². The quantitative estimate of drug-likeness (QED) is 0.584. The van der Waals surface area contributed by atoms with Gasteiger partial charge in [-0.3, -0.25) is 0 Å². The predicted octanol–water partition coefficient (Wildman–Crippen LogP) is 2.25. The van der Waals surface area contributed by atoms with Gasteiger partial charge in [0.05, 0.1) is 18.3 Å². The highest BCUT2D eigenvalue weighted by Crippen LogP contribution is 2.29.